The molecule has 0 radical (unpaired) electrons. The normalized spacial score (nSPS) is 17.8. The summed E-state index contributed by atoms with van der Waals surface area (Å²) in [7, 11) is 0. The molecule has 0 bridgehead atoms. The van der Waals surface area contributed by atoms with E-state index < -0.39 is 19.0 Å². The summed E-state index contributed by atoms with van der Waals surface area (Å²) in [5.41, 5.74) is 1.71. The topological polar surface area (TPSA) is 0 Å². The minimum atomic E-state index is -2.31. The Morgan fingerprint density at radius 2 is 1.45 bits per heavy atom. The average Bonchev–Trinajstić information content (AvgIpc) is 2.52. The highest BCUT2D eigenvalue weighted by atomic mass is 79.9. The second kappa shape index (κ2) is 9.39. The quantitative estimate of drug-likeness (QED) is 0.354. The number of halogens is 4. The molecular weight excluding hydrogens is 512 g/mol. The van der Waals surface area contributed by atoms with Crippen LogP contribution in [0.4, 0.5) is 0 Å². The summed E-state index contributed by atoms with van der Waals surface area (Å²) in [6, 6.07) is 9.77. The van der Waals surface area contributed by atoms with E-state index in [2.05, 4.69) is 63.7 Å². The molecular formula is C16H16Br4. The lowest BCUT2D eigenvalue weighted by molar-refractivity contribution is 1.31. The van der Waals surface area contributed by atoms with E-state index in [1.165, 1.54) is 18.2 Å². The summed E-state index contributed by atoms with van der Waals surface area (Å²) in [6.45, 7) is -4.61. The molecule has 108 valence electrons. The van der Waals surface area contributed by atoms with Gasteiger partial charge < -0.3 is 0 Å². The highest BCUT2D eigenvalue weighted by molar-refractivity contribution is 9.11. The number of alkyl halides is 2. The van der Waals surface area contributed by atoms with Crippen LogP contribution in [0.15, 0.2) is 45.3 Å². The summed E-state index contributed by atoms with van der Waals surface area (Å²) < 4.78 is 59.4. The predicted molar refractivity (Wildman–Crippen MR) is 103 cm³/mol. The van der Waals surface area contributed by atoms with Gasteiger partial charge in [-0.05, 0) is 36.0 Å². The molecule has 0 N–H and O–H groups in total. The van der Waals surface area contributed by atoms with Gasteiger partial charge in [-0.1, -0.05) is 100 Å². The van der Waals surface area contributed by atoms with Gasteiger partial charge in [-0.2, -0.15) is 0 Å². The van der Waals surface area contributed by atoms with Gasteiger partial charge in [0, 0.05) is 30.5 Å². The van der Waals surface area contributed by atoms with Gasteiger partial charge in [0.2, 0.25) is 0 Å². The number of benzene rings is 2. The van der Waals surface area contributed by atoms with Gasteiger partial charge in [-0.3, -0.25) is 0 Å². The van der Waals surface area contributed by atoms with Crippen molar-refractivity contribution in [3.8, 4) is 0 Å². The fourth-order valence-electron chi connectivity index (χ4n) is 1.29. The highest BCUT2D eigenvalue weighted by Gasteiger charge is 2.01. The molecule has 0 nitrogen and oxygen atoms in total. The van der Waals surface area contributed by atoms with E-state index in [4.69, 9.17) is 11.0 Å². The van der Waals surface area contributed by atoms with Crippen LogP contribution in [0, 0.1) is 13.7 Å². The van der Waals surface area contributed by atoms with Crippen LogP contribution >= 0.6 is 63.7 Å². The zero-order chi connectivity index (χ0) is 21.9. The van der Waals surface area contributed by atoms with Crippen molar-refractivity contribution >= 4 is 63.7 Å². The Bertz CT molecular complexity index is 778. The van der Waals surface area contributed by atoms with Gasteiger partial charge >= 0.3 is 0 Å². The van der Waals surface area contributed by atoms with Crippen LogP contribution in [0.3, 0.4) is 0 Å². The third-order valence-electron chi connectivity index (χ3n) is 2.32. The van der Waals surface area contributed by atoms with Gasteiger partial charge in [-0.15, -0.1) is 0 Å². The molecule has 0 aliphatic carbocycles. The van der Waals surface area contributed by atoms with Crippen LogP contribution in [0.2, 0.25) is 0 Å². The predicted octanol–water partition coefficient (Wildman–Crippen LogP) is 7.30. The van der Waals surface area contributed by atoms with Crippen molar-refractivity contribution in [2.24, 2.45) is 0 Å². The van der Waals surface area contributed by atoms with Crippen molar-refractivity contribution in [2.45, 2.75) is 24.3 Å². The van der Waals surface area contributed by atoms with Crippen molar-refractivity contribution < 1.29 is 11.0 Å². The molecule has 0 spiro atoms. The third kappa shape index (κ3) is 5.28. The van der Waals surface area contributed by atoms with Gasteiger partial charge in [0.05, 0.1) is 0 Å². The van der Waals surface area contributed by atoms with Crippen LogP contribution in [0.25, 0.3) is 0 Å². The molecule has 0 saturated heterocycles. The Kier molecular flexibility index (Phi) is 4.46. The maximum atomic E-state index is 7.52. The summed E-state index contributed by atoms with van der Waals surface area (Å²) in [4.78, 5) is 0. The zero-order valence-corrected chi connectivity index (χ0v) is 16.5. The van der Waals surface area contributed by atoms with Crippen LogP contribution in [-0.2, 0) is 10.6 Å². The van der Waals surface area contributed by atoms with Crippen molar-refractivity contribution in [2.75, 3.05) is 0 Å². The summed E-state index contributed by atoms with van der Waals surface area (Å²) in [5.74, 6) is 0. The monoisotopic (exact) mass is 532 g/mol. The Labute approximate surface area is 166 Å². The molecule has 0 heterocycles. The van der Waals surface area contributed by atoms with E-state index in [-0.39, 0.29) is 15.6 Å². The molecule has 0 amide bonds. The fraction of sp³-hybridized carbons (Fsp3) is 0.250. The fourth-order valence-corrected chi connectivity index (χ4v) is 3.50. The Hall–Kier alpha value is 0.360. The van der Waals surface area contributed by atoms with Gasteiger partial charge in [0.1, 0.15) is 0 Å². The zero-order valence-electron chi connectivity index (χ0n) is 18.2. The lowest BCUT2D eigenvalue weighted by Crippen LogP contribution is -1.85. The summed E-state index contributed by atoms with van der Waals surface area (Å²) >= 11 is 12.7. The van der Waals surface area contributed by atoms with Gasteiger partial charge in [-0.25, -0.2) is 0 Å². The first-order valence-corrected chi connectivity index (χ1v) is 8.93. The smallest absolute Gasteiger partial charge is 0.0437 e. The van der Waals surface area contributed by atoms with Crippen LogP contribution in [-0.4, -0.2) is 0 Å². The molecule has 0 unspecified atom stereocenters. The number of rotatable bonds is 2. The molecule has 20 heavy (non-hydrogen) atoms. The van der Waals surface area contributed by atoms with Crippen LogP contribution < -0.4 is 0 Å². The van der Waals surface area contributed by atoms with E-state index in [0.717, 1.165) is 10.0 Å². The van der Waals surface area contributed by atoms with Crippen LogP contribution in [0.1, 0.15) is 33.2 Å². The Balaban J connectivity index is 0.000000283. The summed E-state index contributed by atoms with van der Waals surface area (Å²) in [6.07, 6.45) is 0. The van der Waals surface area contributed by atoms with Crippen molar-refractivity contribution in [3.63, 3.8) is 0 Å². The first-order chi connectivity index (χ1) is 12.6. The molecule has 2 aromatic carbocycles. The Morgan fingerprint density at radius 3 is 1.95 bits per heavy atom. The molecule has 2 aromatic rings. The maximum absolute atomic E-state index is 7.52. The highest BCUT2D eigenvalue weighted by Crippen LogP contribution is 2.25. The molecule has 0 aromatic heterocycles. The van der Waals surface area contributed by atoms with Gasteiger partial charge in [0.25, 0.3) is 0 Å². The van der Waals surface area contributed by atoms with Gasteiger partial charge in [0.15, 0.2) is 0 Å². The number of aryl methyl sites for hydroxylation is 2. The minimum absolute atomic E-state index is 0.0242. The average molecular weight is 536 g/mol. The van der Waals surface area contributed by atoms with E-state index in [9.17, 15) is 0 Å². The first-order valence-electron chi connectivity index (χ1n) is 9.43. The van der Waals surface area contributed by atoms with E-state index in [1.54, 1.807) is 6.07 Å². The largest absolute Gasteiger partial charge is 0.0876 e. The summed E-state index contributed by atoms with van der Waals surface area (Å²) in [5, 5.41) is -0.769. The molecule has 0 atom stereocenters. The standard InChI is InChI=1S/C8H7Br3.C8H9Br/c9-4-6-2-1-3-7(5-10)8(6)11;1-6-4-3-5-7(2)8(6)9/h1-3H,4-5H2;3-5H,1-2H3/i4D2;1D3,2D3. The minimum Gasteiger partial charge on any atom is -0.0876 e. The van der Waals surface area contributed by atoms with Crippen LogP contribution in [0.5, 0.6) is 0 Å². The molecule has 0 aliphatic rings. The molecule has 4 heteroatoms. The van der Waals surface area contributed by atoms with Crippen molar-refractivity contribution in [3.05, 3.63) is 67.6 Å². The van der Waals surface area contributed by atoms with Crippen molar-refractivity contribution in [1.82, 2.24) is 0 Å². The lowest BCUT2D eigenvalue weighted by atomic mass is 10.2. The van der Waals surface area contributed by atoms with E-state index in [0.29, 0.717) is 10.9 Å². The molecule has 0 fully saturated rings. The van der Waals surface area contributed by atoms with E-state index in [1.807, 2.05) is 12.1 Å². The third-order valence-corrected chi connectivity index (χ3v) is 5.15. The maximum Gasteiger partial charge on any atom is 0.0437 e. The first kappa shape index (κ1) is 9.49. The molecule has 0 aliphatic heterocycles. The Morgan fingerprint density at radius 1 is 0.900 bits per heavy atom. The van der Waals surface area contributed by atoms with E-state index >= 15 is 0 Å². The second-order valence-corrected chi connectivity index (χ2v) is 6.22. The molecule has 0 saturated carbocycles. The number of hydrogen-bond donors (Lipinski definition) is 0. The second-order valence-electron chi connectivity index (χ2n) is 3.67. The van der Waals surface area contributed by atoms with Crippen molar-refractivity contribution in [1.29, 1.82) is 0 Å². The number of hydrogen-bond acceptors (Lipinski definition) is 0. The lowest BCUT2D eigenvalue weighted by Gasteiger charge is -2.03. The molecule has 2 rings (SSSR count). The SMILES string of the molecule is [2H]C([2H])(Br)c1cccc(CBr)c1Br.[2H]C([2H])([2H])c1cccc(C([2H])([2H])[2H])c1Br.